The van der Waals surface area contributed by atoms with Crippen molar-refractivity contribution in [2.75, 3.05) is 39.5 Å². The van der Waals surface area contributed by atoms with E-state index >= 15 is 0 Å². The lowest BCUT2D eigenvalue weighted by atomic mass is 10.2. The standard InChI is InChI=1S/C19H22ClN5O6/c1-2-28-17(26)12-31-24-18(15-5-6-22-23-15)19(27)25-7-8-29-14(10-25)11-30-16-4-3-13(20)9-21-16/h3-6,9,14H,2,7-8,10-12H2,1H3,(H,22,23). The van der Waals surface area contributed by atoms with Crippen LogP contribution < -0.4 is 4.74 Å². The lowest BCUT2D eigenvalue weighted by Gasteiger charge is -2.32. The van der Waals surface area contributed by atoms with Crippen LogP contribution >= 0.6 is 11.6 Å². The van der Waals surface area contributed by atoms with Gasteiger partial charge in [-0.1, -0.05) is 16.8 Å². The molecule has 0 saturated carbocycles. The number of ether oxygens (including phenoxy) is 3. The number of aromatic nitrogens is 3. The summed E-state index contributed by atoms with van der Waals surface area (Å²) in [5.41, 5.74) is 0.348. The Morgan fingerprint density at radius 1 is 1.39 bits per heavy atom. The monoisotopic (exact) mass is 451 g/mol. The van der Waals surface area contributed by atoms with Crippen molar-refractivity contribution in [2.24, 2.45) is 5.16 Å². The predicted octanol–water partition coefficient (Wildman–Crippen LogP) is 1.05. The lowest BCUT2D eigenvalue weighted by molar-refractivity contribution is -0.148. The summed E-state index contributed by atoms with van der Waals surface area (Å²) in [5, 5.41) is 10.9. The SMILES string of the molecule is CCOC(=O)CON=C(C(=O)N1CCOC(COc2ccc(Cl)cn2)C1)c1ccn[nH]1. The smallest absolute Gasteiger partial charge is 0.347 e. The molecule has 1 fully saturated rings. The van der Waals surface area contributed by atoms with E-state index in [9.17, 15) is 9.59 Å². The van der Waals surface area contributed by atoms with Gasteiger partial charge in [0.1, 0.15) is 12.7 Å². The van der Waals surface area contributed by atoms with Crippen molar-refractivity contribution in [2.45, 2.75) is 13.0 Å². The van der Waals surface area contributed by atoms with Crippen molar-refractivity contribution >= 4 is 29.2 Å². The summed E-state index contributed by atoms with van der Waals surface area (Å²) in [6.07, 6.45) is 2.61. The molecule has 0 spiro atoms. The predicted molar refractivity (Wildman–Crippen MR) is 109 cm³/mol. The Morgan fingerprint density at radius 3 is 2.97 bits per heavy atom. The molecule has 3 rings (SSSR count). The molecule has 1 atom stereocenters. The molecule has 2 aromatic rings. The molecule has 0 aromatic carbocycles. The lowest BCUT2D eigenvalue weighted by Crippen LogP contribution is -2.50. The molecule has 0 radical (unpaired) electrons. The van der Waals surface area contributed by atoms with Gasteiger partial charge in [0, 0.05) is 25.0 Å². The zero-order valence-corrected chi connectivity index (χ0v) is 17.6. The zero-order valence-electron chi connectivity index (χ0n) is 16.8. The minimum absolute atomic E-state index is 0.0114. The summed E-state index contributed by atoms with van der Waals surface area (Å²) in [4.78, 5) is 35.2. The molecule has 2 aromatic heterocycles. The number of esters is 1. The number of nitrogens with one attached hydrogen (secondary N) is 1. The normalized spacial score (nSPS) is 16.6. The van der Waals surface area contributed by atoms with Crippen molar-refractivity contribution in [3.8, 4) is 5.88 Å². The second-order valence-electron chi connectivity index (χ2n) is 6.36. The van der Waals surface area contributed by atoms with Gasteiger partial charge in [-0.3, -0.25) is 9.89 Å². The number of halogens is 1. The third-order valence-electron chi connectivity index (χ3n) is 4.15. The molecule has 1 N–H and O–H groups in total. The number of amides is 1. The van der Waals surface area contributed by atoms with Gasteiger partial charge in [-0.25, -0.2) is 9.78 Å². The molecule has 1 aliphatic rings. The molecule has 166 valence electrons. The number of carbonyl (C=O) groups excluding carboxylic acids is 2. The Labute approximate surface area is 183 Å². The van der Waals surface area contributed by atoms with Gasteiger partial charge in [0.05, 0.1) is 30.5 Å². The molecule has 1 unspecified atom stereocenters. The van der Waals surface area contributed by atoms with Crippen LogP contribution in [0.4, 0.5) is 0 Å². The zero-order chi connectivity index (χ0) is 22.1. The van der Waals surface area contributed by atoms with Crippen LogP contribution in [0.1, 0.15) is 12.6 Å². The van der Waals surface area contributed by atoms with Gasteiger partial charge in [0.2, 0.25) is 12.5 Å². The van der Waals surface area contributed by atoms with E-state index in [1.807, 2.05) is 0 Å². The fourth-order valence-corrected chi connectivity index (χ4v) is 2.84. The first-order chi connectivity index (χ1) is 15.1. The largest absolute Gasteiger partial charge is 0.475 e. The fourth-order valence-electron chi connectivity index (χ4n) is 2.72. The fraction of sp³-hybridized carbons (Fsp3) is 0.421. The van der Waals surface area contributed by atoms with E-state index in [1.165, 1.54) is 12.4 Å². The summed E-state index contributed by atoms with van der Waals surface area (Å²) >= 11 is 5.81. The van der Waals surface area contributed by atoms with E-state index in [4.69, 9.17) is 30.6 Å². The Bertz CT molecular complexity index is 890. The highest BCUT2D eigenvalue weighted by molar-refractivity contribution is 6.44. The highest BCUT2D eigenvalue weighted by atomic mass is 35.5. The molecule has 31 heavy (non-hydrogen) atoms. The number of aromatic amines is 1. The van der Waals surface area contributed by atoms with Crippen molar-refractivity contribution in [1.82, 2.24) is 20.1 Å². The van der Waals surface area contributed by atoms with Crippen molar-refractivity contribution < 1.29 is 28.6 Å². The molecule has 0 bridgehead atoms. The summed E-state index contributed by atoms with van der Waals surface area (Å²) in [6, 6.07) is 4.90. The van der Waals surface area contributed by atoms with Crippen LogP contribution in [0, 0.1) is 0 Å². The van der Waals surface area contributed by atoms with Crippen LogP contribution in [0.15, 0.2) is 35.7 Å². The van der Waals surface area contributed by atoms with E-state index in [1.54, 1.807) is 30.0 Å². The molecule has 1 saturated heterocycles. The van der Waals surface area contributed by atoms with E-state index in [0.29, 0.717) is 29.7 Å². The summed E-state index contributed by atoms with van der Waals surface area (Å²) in [5.74, 6) is -0.573. The molecule has 0 aliphatic carbocycles. The number of hydrogen-bond donors (Lipinski definition) is 1. The second-order valence-corrected chi connectivity index (χ2v) is 6.79. The number of carbonyl (C=O) groups is 2. The highest BCUT2D eigenvalue weighted by Gasteiger charge is 2.29. The molecule has 1 aliphatic heterocycles. The Balaban J connectivity index is 1.61. The number of H-pyrrole nitrogens is 1. The Morgan fingerprint density at radius 2 is 2.26 bits per heavy atom. The van der Waals surface area contributed by atoms with Crippen LogP contribution in [-0.2, 0) is 23.9 Å². The minimum Gasteiger partial charge on any atom is -0.475 e. The molecular formula is C19H22ClN5O6. The van der Waals surface area contributed by atoms with Crippen LogP contribution in [0.2, 0.25) is 5.02 Å². The molecule has 1 amide bonds. The molecular weight excluding hydrogens is 430 g/mol. The first kappa shape index (κ1) is 22.5. The quantitative estimate of drug-likeness (QED) is 0.340. The van der Waals surface area contributed by atoms with Gasteiger partial charge in [0.25, 0.3) is 5.91 Å². The number of rotatable bonds is 9. The molecule has 3 heterocycles. The first-order valence-electron chi connectivity index (χ1n) is 9.57. The topological polar surface area (TPSA) is 128 Å². The average Bonchev–Trinajstić information content (AvgIpc) is 3.31. The maximum Gasteiger partial charge on any atom is 0.347 e. The second kappa shape index (κ2) is 11.3. The van der Waals surface area contributed by atoms with E-state index in [2.05, 4.69) is 20.3 Å². The van der Waals surface area contributed by atoms with Crippen LogP contribution in [-0.4, -0.2) is 83.3 Å². The van der Waals surface area contributed by atoms with Gasteiger partial charge in [-0.15, -0.1) is 0 Å². The van der Waals surface area contributed by atoms with Gasteiger partial charge in [-0.2, -0.15) is 5.10 Å². The number of oxime groups is 1. The van der Waals surface area contributed by atoms with Gasteiger partial charge in [-0.05, 0) is 19.1 Å². The number of morpholine rings is 1. The summed E-state index contributed by atoms with van der Waals surface area (Å²) < 4.78 is 16.1. The summed E-state index contributed by atoms with van der Waals surface area (Å²) in [6.45, 7) is 2.66. The van der Waals surface area contributed by atoms with E-state index in [-0.39, 0.29) is 31.6 Å². The van der Waals surface area contributed by atoms with Crippen molar-refractivity contribution in [3.05, 3.63) is 41.3 Å². The summed E-state index contributed by atoms with van der Waals surface area (Å²) in [7, 11) is 0. The average molecular weight is 452 g/mol. The van der Waals surface area contributed by atoms with E-state index < -0.39 is 18.5 Å². The highest BCUT2D eigenvalue weighted by Crippen LogP contribution is 2.14. The number of hydrogen-bond acceptors (Lipinski definition) is 9. The van der Waals surface area contributed by atoms with Gasteiger partial charge >= 0.3 is 5.97 Å². The Hall–Kier alpha value is -3.18. The third-order valence-corrected chi connectivity index (χ3v) is 4.37. The number of nitrogens with zero attached hydrogens (tertiary/aromatic N) is 4. The van der Waals surface area contributed by atoms with Gasteiger partial charge in [0.15, 0.2) is 5.71 Å². The maximum absolute atomic E-state index is 13.1. The minimum atomic E-state index is -0.581. The Kier molecular flexibility index (Phi) is 8.19. The first-order valence-corrected chi connectivity index (χ1v) is 9.95. The van der Waals surface area contributed by atoms with Crippen LogP contribution in [0.5, 0.6) is 5.88 Å². The van der Waals surface area contributed by atoms with Crippen molar-refractivity contribution in [1.29, 1.82) is 0 Å². The molecule has 12 heteroatoms. The van der Waals surface area contributed by atoms with Crippen molar-refractivity contribution in [3.63, 3.8) is 0 Å². The van der Waals surface area contributed by atoms with Gasteiger partial charge < -0.3 is 23.9 Å². The number of pyridine rings is 1. The molecule has 11 nitrogen and oxygen atoms in total. The van der Waals surface area contributed by atoms with Crippen LogP contribution in [0.3, 0.4) is 0 Å². The van der Waals surface area contributed by atoms with Crippen LogP contribution in [0.25, 0.3) is 0 Å². The third kappa shape index (κ3) is 6.66. The van der Waals surface area contributed by atoms with E-state index in [0.717, 1.165) is 0 Å². The maximum atomic E-state index is 13.1.